The number of nitrogens with zero attached hydrogens (tertiary/aromatic N) is 2. The topological polar surface area (TPSA) is 60.9 Å². The number of amides is 2. The standard InChI is InChI=1S/C13H21F3N2O3/c1-9-4-3-5-10(6-9)17(2)12(21)18(7-11(19)20)8-13(14,15)16/h9-10H,3-8H2,1-2H3,(H,19,20). The van der Waals surface area contributed by atoms with Crippen LogP contribution >= 0.6 is 0 Å². The Morgan fingerprint density at radius 2 is 1.90 bits per heavy atom. The number of rotatable bonds is 4. The normalized spacial score (nSPS) is 22.7. The summed E-state index contributed by atoms with van der Waals surface area (Å²) in [6.07, 6.45) is -1.19. The van der Waals surface area contributed by atoms with Gasteiger partial charge in [-0.1, -0.05) is 19.8 Å². The lowest BCUT2D eigenvalue weighted by atomic mass is 9.86. The molecule has 1 fully saturated rings. The number of hydrogen-bond acceptors (Lipinski definition) is 2. The molecule has 0 aliphatic heterocycles. The third-order valence-electron chi connectivity index (χ3n) is 3.72. The highest BCUT2D eigenvalue weighted by molar-refractivity contribution is 5.80. The quantitative estimate of drug-likeness (QED) is 0.868. The zero-order valence-corrected chi connectivity index (χ0v) is 12.2. The van der Waals surface area contributed by atoms with E-state index >= 15 is 0 Å². The molecule has 0 aromatic rings. The summed E-state index contributed by atoms with van der Waals surface area (Å²) in [6, 6.07) is -1.01. The second kappa shape index (κ2) is 7.00. The average Bonchev–Trinajstić information content (AvgIpc) is 2.34. The van der Waals surface area contributed by atoms with E-state index < -0.39 is 31.3 Å². The van der Waals surface area contributed by atoms with E-state index in [0.29, 0.717) is 10.8 Å². The van der Waals surface area contributed by atoms with Crippen LogP contribution in [0.15, 0.2) is 0 Å². The Labute approximate surface area is 121 Å². The fourth-order valence-corrected chi connectivity index (χ4v) is 2.70. The van der Waals surface area contributed by atoms with E-state index in [1.54, 1.807) is 0 Å². The summed E-state index contributed by atoms with van der Waals surface area (Å²) in [5, 5.41) is 8.68. The van der Waals surface area contributed by atoms with E-state index in [1.807, 2.05) is 6.92 Å². The van der Waals surface area contributed by atoms with Crippen LogP contribution in [0.3, 0.4) is 0 Å². The summed E-state index contributed by atoms with van der Waals surface area (Å²) in [6.45, 7) is -0.467. The Morgan fingerprint density at radius 3 is 2.38 bits per heavy atom. The Balaban J connectivity index is 2.75. The van der Waals surface area contributed by atoms with Crippen LogP contribution < -0.4 is 0 Å². The molecule has 0 heterocycles. The average molecular weight is 310 g/mol. The van der Waals surface area contributed by atoms with Crippen LogP contribution in [0.1, 0.15) is 32.6 Å². The van der Waals surface area contributed by atoms with Gasteiger partial charge in [-0.25, -0.2) is 4.79 Å². The number of carbonyl (C=O) groups is 2. The minimum absolute atomic E-state index is 0.134. The van der Waals surface area contributed by atoms with Gasteiger partial charge in [0.05, 0.1) is 0 Å². The number of carboxylic acids is 1. The summed E-state index contributed by atoms with van der Waals surface area (Å²) >= 11 is 0. The SMILES string of the molecule is CC1CCCC(N(C)C(=O)N(CC(=O)O)CC(F)(F)F)C1. The highest BCUT2D eigenvalue weighted by Gasteiger charge is 2.36. The van der Waals surface area contributed by atoms with Crippen molar-refractivity contribution < 1.29 is 27.9 Å². The van der Waals surface area contributed by atoms with E-state index in [2.05, 4.69) is 0 Å². The predicted molar refractivity (Wildman–Crippen MR) is 69.8 cm³/mol. The fourth-order valence-electron chi connectivity index (χ4n) is 2.70. The lowest BCUT2D eigenvalue weighted by Crippen LogP contribution is -2.51. The molecule has 1 saturated carbocycles. The Morgan fingerprint density at radius 1 is 1.29 bits per heavy atom. The van der Waals surface area contributed by atoms with Gasteiger partial charge < -0.3 is 14.9 Å². The minimum atomic E-state index is -4.62. The largest absolute Gasteiger partial charge is 0.480 e. The number of hydrogen-bond donors (Lipinski definition) is 1. The Bertz CT molecular complexity index is 387. The maximum absolute atomic E-state index is 12.5. The van der Waals surface area contributed by atoms with Crippen molar-refractivity contribution in [2.24, 2.45) is 5.92 Å². The number of alkyl halides is 3. The van der Waals surface area contributed by atoms with Crippen molar-refractivity contribution in [2.75, 3.05) is 20.1 Å². The Hall–Kier alpha value is -1.47. The van der Waals surface area contributed by atoms with Gasteiger partial charge in [0.15, 0.2) is 0 Å². The molecule has 1 aliphatic carbocycles. The molecule has 0 spiro atoms. The van der Waals surface area contributed by atoms with Crippen LogP contribution in [0.25, 0.3) is 0 Å². The molecule has 0 bridgehead atoms. The van der Waals surface area contributed by atoms with Gasteiger partial charge in [-0.15, -0.1) is 0 Å². The summed E-state index contributed by atoms with van der Waals surface area (Å²) in [4.78, 5) is 24.4. The van der Waals surface area contributed by atoms with E-state index in [4.69, 9.17) is 5.11 Å². The third kappa shape index (κ3) is 5.81. The molecule has 2 atom stereocenters. The van der Waals surface area contributed by atoms with Gasteiger partial charge in [-0.2, -0.15) is 13.2 Å². The number of halogens is 3. The molecule has 1 rings (SSSR count). The maximum atomic E-state index is 12.5. The second-order valence-electron chi connectivity index (χ2n) is 5.68. The van der Waals surface area contributed by atoms with Gasteiger partial charge in [0, 0.05) is 13.1 Å². The van der Waals surface area contributed by atoms with Crippen LogP contribution in [0.4, 0.5) is 18.0 Å². The first kappa shape index (κ1) is 17.6. The first-order valence-corrected chi connectivity index (χ1v) is 6.90. The molecule has 0 aromatic carbocycles. The molecule has 8 heteroatoms. The molecule has 0 aromatic heterocycles. The van der Waals surface area contributed by atoms with Crippen LogP contribution in [0.2, 0.25) is 0 Å². The van der Waals surface area contributed by atoms with Gasteiger partial charge in [-0.05, 0) is 18.8 Å². The van der Waals surface area contributed by atoms with E-state index in [9.17, 15) is 22.8 Å². The lowest BCUT2D eigenvalue weighted by molar-refractivity contribution is -0.149. The van der Waals surface area contributed by atoms with Crippen molar-refractivity contribution in [3.63, 3.8) is 0 Å². The smallest absolute Gasteiger partial charge is 0.406 e. The first-order chi connectivity index (χ1) is 9.60. The van der Waals surface area contributed by atoms with Crippen LogP contribution in [0.5, 0.6) is 0 Å². The molecular formula is C13H21F3N2O3. The zero-order chi connectivity index (χ0) is 16.2. The minimum Gasteiger partial charge on any atom is -0.480 e. The molecule has 122 valence electrons. The number of carboxylic acid groups (broad SMARTS) is 1. The first-order valence-electron chi connectivity index (χ1n) is 6.90. The number of urea groups is 1. The highest BCUT2D eigenvalue weighted by atomic mass is 19.4. The fraction of sp³-hybridized carbons (Fsp3) is 0.846. The molecule has 21 heavy (non-hydrogen) atoms. The summed E-state index contributed by atoms with van der Waals surface area (Å²) < 4.78 is 37.4. The predicted octanol–water partition coefficient (Wildman–Crippen LogP) is 2.57. The second-order valence-corrected chi connectivity index (χ2v) is 5.68. The lowest BCUT2D eigenvalue weighted by Gasteiger charge is -2.37. The van der Waals surface area contributed by atoms with Crippen molar-refractivity contribution in [3.8, 4) is 0 Å². The van der Waals surface area contributed by atoms with E-state index in [-0.39, 0.29) is 6.04 Å². The van der Waals surface area contributed by atoms with Crippen molar-refractivity contribution >= 4 is 12.0 Å². The van der Waals surface area contributed by atoms with Crippen molar-refractivity contribution in [1.29, 1.82) is 0 Å². The van der Waals surface area contributed by atoms with Gasteiger partial charge >= 0.3 is 18.2 Å². The van der Waals surface area contributed by atoms with Crippen LogP contribution in [-0.2, 0) is 4.79 Å². The number of carbonyl (C=O) groups excluding carboxylic acids is 1. The van der Waals surface area contributed by atoms with Crippen molar-refractivity contribution in [1.82, 2.24) is 9.80 Å². The molecule has 5 nitrogen and oxygen atoms in total. The van der Waals surface area contributed by atoms with Crippen LogP contribution in [-0.4, -0.2) is 59.3 Å². The molecule has 2 unspecified atom stereocenters. The van der Waals surface area contributed by atoms with Gasteiger partial charge in [-0.3, -0.25) is 4.79 Å². The Kier molecular flexibility index (Phi) is 5.86. The molecule has 0 saturated heterocycles. The molecule has 0 radical (unpaired) electrons. The van der Waals surface area contributed by atoms with Crippen molar-refractivity contribution in [3.05, 3.63) is 0 Å². The van der Waals surface area contributed by atoms with Crippen molar-refractivity contribution in [2.45, 2.75) is 44.8 Å². The summed E-state index contributed by atoms with van der Waals surface area (Å²) in [5.74, 6) is -1.05. The third-order valence-corrected chi connectivity index (χ3v) is 3.72. The molecular weight excluding hydrogens is 289 g/mol. The molecule has 1 N–H and O–H groups in total. The monoisotopic (exact) mass is 310 g/mol. The van der Waals surface area contributed by atoms with E-state index in [1.165, 1.54) is 11.9 Å². The maximum Gasteiger partial charge on any atom is 0.406 e. The molecule has 1 aliphatic rings. The van der Waals surface area contributed by atoms with Crippen LogP contribution in [0, 0.1) is 5.92 Å². The van der Waals surface area contributed by atoms with Gasteiger partial charge in [0.2, 0.25) is 0 Å². The number of aliphatic carboxylic acids is 1. The van der Waals surface area contributed by atoms with Gasteiger partial charge in [0.25, 0.3) is 0 Å². The van der Waals surface area contributed by atoms with E-state index in [0.717, 1.165) is 25.7 Å². The zero-order valence-electron chi connectivity index (χ0n) is 12.2. The molecule has 2 amide bonds. The highest BCUT2D eigenvalue weighted by Crippen LogP contribution is 2.27. The summed E-state index contributed by atoms with van der Waals surface area (Å²) in [7, 11) is 1.44. The summed E-state index contributed by atoms with van der Waals surface area (Å²) in [5.41, 5.74) is 0. The van der Waals surface area contributed by atoms with Gasteiger partial charge in [0.1, 0.15) is 13.1 Å².